The van der Waals surface area contributed by atoms with Crippen LogP contribution in [-0.4, -0.2) is 23.9 Å². The molecule has 0 radical (unpaired) electrons. The molecule has 0 aromatic heterocycles. The first-order valence-electron chi connectivity index (χ1n) is 5.01. The molecule has 2 nitrogen and oxygen atoms in total. The molecule has 0 heterocycles. The molecule has 82 valence electrons. The number of benzene rings is 1. The van der Waals surface area contributed by atoms with Crippen molar-refractivity contribution in [2.75, 3.05) is 7.05 Å². The molecule has 0 N–H and O–H groups in total. The number of amides is 1. The van der Waals surface area contributed by atoms with Gasteiger partial charge in [0, 0.05) is 13.1 Å². The topological polar surface area (TPSA) is 20.3 Å². The average molecular weight is 209 g/mol. The van der Waals surface area contributed by atoms with Gasteiger partial charge in [0.2, 0.25) is 5.91 Å². The molecule has 0 aliphatic rings. The van der Waals surface area contributed by atoms with Crippen LogP contribution in [0.4, 0.5) is 4.39 Å². The largest absolute Gasteiger partial charge is 0.343 e. The summed E-state index contributed by atoms with van der Waals surface area (Å²) < 4.78 is 13.2. The lowest BCUT2D eigenvalue weighted by molar-refractivity contribution is -0.130. The lowest BCUT2D eigenvalue weighted by Crippen LogP contribution is -2.34. The maximum Gasteiger partial charge on any atom is 0.227 e. The molecule has 0 aliphatic carbocycles. The van der Waals surface area contributed by atoms with Gasteiger partial charge in [-0.1, -0.05) is 18.2 Å². The third-order valence-electron chi connectivity index (χ3n) is 2.47. The summed E-state index contributed by atoms with van der Waals surface area (Å²) in [6.07, 6.45) is 0.126. The van der Waals surface area contributed by atoms with E-state index in [9.17, 15) is 9.18 Å². The second-order valence-electron chi connectivity index (χ2n) is 3.87. The highest BCUT2D eigenvalue weighted by Gasteiger charge is 2.13. The summed E-state index contributed by atoms with van der Waals surface area (Å²) in [5, 5.41) is 0. The maximum absolute atomic E-state index is 13.2. The molecular weight excluding hydrogens is 193 g/mol. The van der Waals surface area contributed by atoms with Gasteiger partial charge in [-0.3, -0.25) is 4.79 Å². The van der Waals surface area contributed by atoms with Gasteiger partial charge in [0.15, 0.2) is 0 Å². The summed E-state index contributed by atoms with van der Waals surface area (Å²) in [5.41, 5.74) is 0.454. The number of hydrogen-bond acceptors (Lipinski definition) is 1. The van der Waals surface area contributed by atoms with Crippen molar-refractivity contribution in [2.24, 2.45) is 0 Å². The van der Waals surface area contributed by atoms with Crippen LogP contribution in [0.3, 0.4) is 0 Å². The zero-order valence-corrected chi connectivity index (χ0v) is 9.33. The van der Waals surface area contributed by atoms with Crippen molar-refractivity contribution in [3.05, 3.63) is 35.6 Å². The van der Waals surface area contributed by atoms with Crippen molar-refractivity contribution >= 4 is 5.91 Å². The molecule has 0 spiro atoms. The highest BCUT2D eigenvalue weighted by atomic mass is 19.1. The minimum atomic E-state index is -0.317. The fourth-order valence-corrected chi connectivity index (χ4v) is 1.22. The van der Waals surface area contributed by atoms with Gasteiger partial charge >= 0.3 is 0 Å². The maximum atomic E-state index is 13.2. The molecule has 0 unspecified atom stereocenters. The van der Waals surface area contributed by atoms with Gasteiger partial charge in [0.1, 0.15) is 5.82 Å². The zero-order chi connectivity index (χ0) is 11.4. The van der Waals surface area contributed by atoms with Crippen LogP contribution < -0.4 is 0 Å². The van der Waals surface area contributed by atoms with E-state index in [4.69, 9.17) is 0 Å². The molecule has 0 saturated carbocycles. The predicted octanol–water partition coefficient (Wildman–Crippen LogP) is 2.24. The van der Waals surface area contributed by atoms with E-state index in [0.717, 1.165) is 0 Å². The van der Waals surface area contributed by atoms with Crippen molar-refractivity contribution in [3.63, 3.8) is 0 Å². The predicted molar refractivity (Wildman–Crippen MR) is 58.0 cm³/mol. The van der Waals surface area contributed by atoms with E-state index < -0.39 is 0 Å². The van der Waals surface area contributed by atoms with E-state index in [-0.39, 0.29) is 24.2 Å². The molecule has 0 fully saturated rings. The quantitative estimate of drug-likeness (QED) is 0.747. The van der Waals surface area contributed by atoms with Crippen LogP contribution in [-0.2, 0) is 11.2 Å². The lowest BCUT2D eigenvalue weighted by Gasteiger charge is -2.21. The van der Waals surface area contributed by atoms with E-state index in [1.54, 1.807) is 30.1 Å². The number of carbonyl (C=O) groups excluding carboxylic acids is 1. The highest BCUT2D eigenvalue weighted by Crippen LogP contribution is 2.09. The van der Waals surface area contributed by atoms with Crippen molar-refractivity contribution < 1.29 is 9.18 Å². The summed E-state index contributed by atoms with van der Waals surface area (Å²) in [5.74, 6) is -0.377. The van der Waals surface area contributed by atoms with Gasteiger partial charge in [-0.15, -0.1) is 0 Å². The smallest absolute Gasteiger partial charge is 0.227 e. The van der Waals surface area contributed by atoms with Gasteiger partial charge < -0.3 is 4.90 Å². The number of rotatable bonds is 3. The van der Waals surface area contributed by atoms with Crippen LogP contribution in [0, 0.1) is 5.82 Å². The molecule has 0 bridgehead atoms. The second-order valence-corrected chi connectivity index (χ2v) is 3.87. The lowest BCUT2D eigenvalue weighted by atomic mass is 10.1. The molecule has 15 heavy (non-hydrogen) atoms. The SMILES string of the molecule is CC(C)N(C)C(=O)Cc1ccccc1F. The Morgan fingerprint density at radius 3 is 2.53 bits per heavy atom. The molecule has 1 aromatic carbocycles. The minimum Gasteiger partial charge on any atom is -0.343 e. The number of carbonyl (C=O) groups is 1. The van der Waals surface area contributed by atoms with E-state index in [1.165, 1.54) is 6.07 Å². The van der Waals surface area contributed by atoms with Crippen LogP contribution in [0.5, 0.6) is 0 Å². The van der Waals surface area contributed by atoms with Crippen molar-refractivity contribution in [1.29, 1.82) is 0 Å². The Bertz CT molecular complexity index is 349. The standard InChI is InChI=1S/C12H16FNO/c1-9(2)14(3)12(15)8-10-6-4-5-7-11(10)13/h4-7,9H,8H2,1-3H3. The van der Waals surface area contributed by atoms with E-state index >= 15 is 0 Å². The van der Waals surface area contributed by atoms with Crippen LogP contribution in [0.1, 0.15) is 19.4 Å². The molecule has 1 aromatic rings. The number of likely N-dealkylation sites (N-methyl/N-ethyl adjacent to an activating group) is 1. The second kappa shape index (κ2) is 4.91. The third-order valence-corrected chi connectivity index (χ3v) is 2.47. The molecule has 0 aliphatic heterocycles. The van der Waals surface area contributed by atoms with E-state index in [2.05, 4.69) is 0 Å². The van der Waals surface area contributed by atoms with Crippen molar-refractivity contribution in [1.82, 2.24) is 4.90 Å². The summed E-state index contributed by atoms with van der Waals surface area (Å²) >= 11 is 0. The Morgan fingerprint density at radius 2 is 2.00 bits per heavy atom. The van der Waals surface area contributed by atoms with Gasteiger partial charge in [-0.2, -0.15) is 0 Å². The summed E-state index contributed by atoms with van der Waals surface area (Å²) in [7, 11) is 1.73. The number of nitrogens with zero attached hydrogens (tertiary/aromatic N) is 1. The molecule has 3 heteroatoms. The van der Waals surface area contributed by atoms with Crippen LogP contribution in [0.15, 0.2) is 24.3 Å². The monoisotopic (exact) mass is 209 g/mol. The molecule has 0 atom stereocenters. The number of hydrogen-bond donors (Lipinski definition) is 0. The van der Waals surface area contributed by atoms with E-state index in [1.807, 2.05) is 13.8 Å². The molecular formula is C12H16FNO. The Hall–Kier alpha value is -1.38. The van der Waals surface area contributed by atoms with Crippen molar-refractivity contribution in [2.45, 2.75) is 26.3 Å². The first kappa shape index (κ1) is 11.7. The van der Waals surface area contributed by atoms with Crippen LogP contribution in [0.2, 0.25) is 0 Å². The summed E-state index contributed by atoms with van der Waals surface area (Å²) in [6.45, 7) is 3.86. The fraction of sp³-hybridized carbons (Fsp3) is 0.417. The first-order chi connectivity index (χ1) is 7.02. The van der Waals surface area contributed by atoms with Gasteiger partial charge in [-0.05, 0) is 25.5 Å². The minimum absolute atomic E-state index is 0.0601. The van der Waals surface area contributed by atoms with Crippen LogP contribution >= 0.6 is 0 Å². The highest BCUT2D eigenvalue weighted by molar-refractivity contribution is 5.78. The summed E-state index contributed by atoms with van der Waals surface area (Å²) in [4.78, 5) is 13.3. The molecule has 1 amide bonds. The third kappa shape index (κ3) is 3.05. The Kier molecular flexibility index (Phi) is 3.83. The summed E-state index contributed by atoms with van der Waals surface area (Å²) in [6, 6.07) is 6.51. The van der Waals surface area contributed by atoms with E-state index in [0.29, 0.717) is 5.56 Å². The van der Waals surface area contributed by atoms with Gasteiger partial charge in [0.05, 0.1) is 6.42 Å². The fourth-order valence-electron chi connectivity index (χ4n) is 1.22. The average Bonchev–Trinajstić information content (AvgIpc) is 2.20. The zero-order valence-electron chi connectivity index (χ0n) is 9.33. The molecule has 0 saturated heterocycles. The Morgan fingerprint density at radius 1 is 1.40 bits per heavy atom. The Labute approximate surface area is 89.7 Å². The first-order valence-corrected chi connectivity index (χ1v) is 5.01. The normalized spacial score (nSPS) is 10.5. The van der Waals surface area contributed by atoms with Crippen molar-refractivity contribution in [3.8, 4) is 0 Å². The van der Waals surface area contributed by atoms with Gasteiger partial charge in [0.25, 0.3) is 0 Å². The molecule has 1 rings (SSSR count). The van der Waals surface area contributed by atoms with Crippen LogP contribution in [0.25, 0.3) is 0 Å². The number of halogens is 1. The van der Waals surface area contributed by atoms with Gasteiger partial charge in [-0.25, -0.2) is 4.39 Å². The Balaban J connectivity index is 2.71.